The summed E-state index contributed by atoms with van der Waals surface area (Å²) in [5, 5.41) is 37.7. The first-order chi connectivity index (χ1) is 20.7. The molecule has 3 aromatic rings. The highest BCUT2D eigenvalue weighted by molar-refractivity contribution is 7.12. The number of hydrogen-bond donors (Lipinski definition) is 5. The van der Waals surface area contributed by atoms with Crippen LogP contribution < -0.4 is 21.1 Å². The molecule has 10 nitrogen and oxygen atoms in total. The fourth-order valence-corrected chi connectivity index (χ4v) is 5.31. The van der Waals surface area contributed by atoms with Crippen molar-refractivity contribution >= 4 is 46.0 Å². The molecule has 0 unspecified atom stereocenters. The fraction of sp³-hybridized carbons (Fsp3) is 0.375. The molecule has 5 N–H and O–H groups in total. The Morgan fingerprint density at radius 3 is 2.28 bits per heavy atom. The number of nitrogens with zero attached hydrogens (tertiary/aromatic N) is 3. The van der Waals surface area contributed by atoms with E-state index in [1.54, 1.807) is 30.5 Å². The Morgan fingerprint density at radius 1 is 1.00 bits per heavy atom. The number of amides is 1. The van der Waals surface area contributed by atoms with Crippen molar-refractivity contribution in [1.82, 2.24) is 10.6 Å². The molecule has 230 valence electrons. The SMILES string of the molecule is CC1=NN(c2ccc3c(c2)CCC3)C(=O)C1=NNc1cccc(-c2csc(C(=O)O)c2)c1O.CCNCC.CCNCC. The quantitative estimate of drug-likeness (QED) is 0.155. The van der Waals surface area contributed by atoms with Crippen molar-refractivity contribution in [2.75, 3.05) is 36.6 Å². The number of carbonyl (C=O) groups is 2. The lowest BCUT2D eigenvalue weighted by Crippen LogP contribution is -2.28. The first-order valence-corrected chi connectivity index (χ1v) is 15.5. The van der Waals surface area contributed by atoms with E-state index in [0.29, 0.717) is 28.2 Å². The summed E-state index contributed by atoms with van der Waals surface area (Å²) in [6.07, 6.45) is 3.19. The van der Waals surface area contributed by atoms with Gasteiger partial charge in [-0.1, -0.05) is 45.9 Å². The largest absolute Gasteiger partial charge is 0.505 e. The highest BCUT2D eigenvalue weighted by Gasteiger charge is 2.31. The van der Waals surface area contributed by atoms with Crippen LogP contribution in [0.4, 0.5) is 11.4 Å². The molecular weight excluding hydrogens is 564 g/mol. The van der Waals surface area contributed by atoms with E-state index in [4.69, 9.17) is 5.11 Å². The molecule has 0 saturated heterocycles. The van der Waals surface area contributed by atoms with Crippen molar-refractivity contribution < 1.29 is 19.8 Å². The number of carboxylic acid groups (broad SMARTS) is 1. The lowest BCUT2D eigenvalue weighted by Gasteiger charge is -2.13. The molecule has 0 bridgehead atoms. The highest BCUT2D eigenvalue weighted by atomic mass is 32.1. The van der Waals surface area contributed by atoms with Crippen LogP contribution in [0.2, 0.25) is 0 Å². The van der Waals surface area contributed by atoms with Crippen molar-refractivity contribution in [2.24, 2.45) is 10.2 Å². The molecule has 2 aliphatic rings. The van der Waals surface area contributed by atoms with Gasteiger partial charge in [-0.05, 0) is 98.7 Å². The second kappa shape index (κ2) is 16.5. The lowest BCUT2D eigenvalue weighted by atomic mass is 10.1. The van der Waals surface area contributed by atoms with Crippen LogP contribution in [0.3, 0.4) is 0 Å². The predicted octanol–water partition coefficient (Wildman–Crippen LogP) is 5.73. The fourth-order valence-electron chi connectivity index (χ4n) is 4.56. The van der Waals surface area contributed by atoms with Crippen LogP contribution in [-0.4, -0.2) is 59.7 Å². The first kappa shape index (κ1) is 33.4. The summed E-state index contributed by atoms with van der Waals surface area (Å²) in [7, 11) is 0. The van der Waals surface area contributed by atoms with Gasteiger partial charge in [0.15, 0.2) is 5.71 Å². The van der Waals surface area contributed by atoms with E-state index in [0.717, 1.165) is 56.8 Å². The van der Waals surface area contributed by atoms with Crippen molar-refractivity contribution in [3.63, 3.8) is 0 Å². The third-order valence-electron chi connectivity index (χ3n) is 6.76. The Balaban J connectivity index is 0.000000440. The number of carbonyl (C=O) groups excluding carboxylic acids is 1. The molecule has 0 saturated carbocycles. The van der Waals surface area contributed by atoms with Crippen LogP contribution in [-0.2, 0) is 17.6 Å². The molecule has 43 heavy (non-hydrogen) atoms. The number of hydrogen-bond acceptors (Lipinski definition) is 9. The molecular formula is C32H42N6O4S. The van der Waals surface area contributed by atoms with E-state index in [-0.39, 0.29) is 22.2 Å². The van der Waals surface area contributed by atoms with Crippen LogP contribution in [0.25, 0.3) is 11.1 Å². The topological polar surface area (TPSA) is 139 Å². The standard InChI is InChI=1S/C24H20N4O4S.2C4H11N/c1-13-21(23(30)28(27-13)17-9-8-14-4-2-5-15(14)10-17)26-25-19-7-3-6-18(22(19)29)16-11-20(24(31)32)33-12-16;2*1-3-5-4-2/h3,6-12,25,29H,2,4-5H2,1H3,(H,31,32);2*5H,3-4H2,1-2H3. The lowest BCUT2D eigenvalue weighted by molar-refractivity contribution is -0.112. The zero-order valence-corrected chi connectivity index (χ0v) is 26.3. The number of aryl methyl sites for hydroxylation is 2. The minimum Gasteiger partial charge on any atom is -0.505 e. The van der Waals surface area contributed by atoms with Gasteiger partial charge >= 0.3 is 11.9 Å². The van der Waals surface area contributed by atoms with Gasteiger partial charge in [-0.15, -0.1) is 11.3 Å². The Labute approximate surface area is 257 Å². The average Bonchev–Trinajstić information content (AvgIpc) is 3.73. The minimum atomic E-state index is -1.02. The number of phenols is 1. The van der Waals surface area contributed by atoms with Crippen LogP contribution in [0.15, 0.2) is 58.0 Å². The maximum absolute atomic E-state index is 13.0. The third kappa shape index (κ3) is 8.73. The van der Waals surface area contributed by atoms with Gasteiger partial charge in [0.25, 0.3) is 0 Å². The number of carboxylic acids is 1. The monoisotopic (exact) mass is 606 g/mol. The van der Waals surface area contributed by atoms with Crippen molar-refractivity contribution in [1.29, 1.82) is 0 Å². The van der Waals surface area contributed by atoms with Gasteiger partial charge in [0, 0.05) is 5.56 Å². The molecule has 0 radical (unpaired) electrons. The Hall–Kier alpha value is -4.06. The number of aromatic hydroxyl groups is 1. The molecule has 2 heterocycles. The zero-order chi connectivity index (χ0) is 31.4. The number of benzene rings is 2. The summed E-state index contributed by atoms with van der Waals surface area (Å²) in [5.74, 6) is -1.46. The molecule has 0 fully saturated rings. The summed E-state index contributed by atoms with van der Waals surface area (Å²) in [4.78, 5) is 24.3. The molecule has 1 aromatic heterocycles. The Kier molecular flexibility index (Phi) is 12.9. The van der Waals surface area contributed by atoms with E-state index >= 15 is 0 Å². The van der Waals surface area contributed by atoms with Gasteiger partial charge < -0.3 is 20.8 Å². The molecule has 1 amide bonds. The number of para-hydroxylation sites is 1. The van der Waals surface area contributed by atoms with E-state index in [2.05, 4.69) is 54.0 Å². The van der Waals surface area contributed by atoms with Crippen LogP contribution >= 0.6 is 11.3 Å². The molecule has 2 aromatic carbocycles. The van der Waals surface area contributed by atoms with Crippen molar-refractivity contribution in [3.05, 3.63) is 63.8 Å². The minimum absolute atomic E-state index is 0.0906. The number of phenolic OH excluding ortho intramolecular Hbond substituents is 1. The normalized spacial score (nSPS) is 14.4. The molecule has 0 spiro atoms. The molecule has 5 rings (SSSR count). The molecule has 0 atom stereocenters. The zero-order valence-electron chi connectivity index (χ0n) is 25.5. The molecule has 1 aliphatic heterocycles. The van der Waals surface area contributed by atoms with E-state index in [1.165, 1.54) is 22.2 Å². The maximum atomic E-state index is 13.0. The second-order valence-electron chi connectivity index (χ2n) is 9.80. The van der Waals surface area contributed by atoms with Gasteiger partial charge in [-0.2, -0.15) is 15.2 Å². The summed E-state index contributed by atoms with van der Waals surface area (Å²) in [6.45, 7) is 14.5. The smallest absolute Gasteiger partial charge is 0.345 e. The summed E-state index contributed by atoms with van der Waals surface area (Å²) in [6, 6.07) is 12.5. The Bertz CT molecular complexity index is 1460. The third-order valence-corrected chi connectivity index (χ3v) is 7.68. The van der Waals surface area contributed by atoms with Crippen molar-refractivity contribution in [2.45, 2.75) is 53.9 Å². The van der Waals surface area contributed by atoms with Gasteiger partial charge in [-0.25, -0.2) is 4.79 Å². The van der Waals surface area contributed by atoms with Gasteiger partial charge in [0.05, 0.1) is 17.1 Å². The molecule has 1 aliphatic carbocycles. The van der Waals surface area contributed by atoms with Crippen LogP contribution in [0.1, 0.15) is 61.8 Å². The van der Waals surface area contributed by atoms with Gasteiger partial charge in [0.1, 0.15) is 10.6 Å². The number of aromatic carboxylic acids is 1. The van der Waals surface area contributed by atoms with Crippen LogP contribution in [0.5, 0.6) is 5.75 Å². The van der Waals surface area contributed by atoms with Crippen LogP contribution in [0, 0.1) is 0 Å². The average molecular weight is 607 g/mol. The summed E-state index contributed by atoms with van der Waals surface area (Å²) >= 11 is 1.08. The molecule has 11 heteroatoms. The van der Waals surface area contributed by atoms with E-state index in [9.17, 15) is 14.7 Å². The predicted molar refractivity (Wildman–Crippen MR) is 177 cm³/mol. The number of nitrogens with one attached hydrogen (secondary N) is 3. The number of rotatable bonds is 9. The number of hydrazone groups is 2. The van der Waals surface area contributed by atoms with E-state index in [1.807, 2.05) is 18.2 Å². The number of fused-ring (bicyclic) bond motifs is 1. The van der Waals surface area contributed by atoms with E-state index < -0.39 is 5.97 Å². The summed E-state index contributed by atoms with van der Waals surface area (Å²) in [5.41, 5.74) is 8.01. The van der Waals surface area contributed by atoms with Gasteiger partial charge in [-0.3, -0.25) is 10.2 Å². The second-order valence-corrected chi connectivity index (χ2v) is 10.7. The highest BCUT2D eigenvalue weighted by Crippen LogP contribution is 2.37. The first-order valence-electron chi connectivity index (χ1n) is 14.7. The van der Waals surface area contributed by atoms with Crippen molar-refractivity contribution in [3.8, 4) is 16.9 Å². The number of thiophene rings is 1. The number of anilines is 2. The maximum Gasteiger partial charge on any atom is 0.345 e. The summed E-state index contributed by atoms with van der Waals surface area (Å²) < 4.78 is 0. The Morgan fingerprint density at radius 2 is 1.67 bits per heavy atom. The van der Waals surface area contributed by atoms with Gasteiger partial charge in [0.2, 0.25) is 0 Å².